The molecule has 1 N–H and O–H groups in total. The molecule has 0 bridgehead atoms. The lowest BCUT2D eigenvalue weighted by Crippen LogP contribution is -2.30. The maximum atomic E-state index is 3.50. The summed E-state index contributed by atoms with van der Waals surface area (Å²) >= 11 is 1.98. The van der Waals surface area contributed by atoms with Crippen LogP contribution in [0, 0.1) is 12.8 Å². The summed E-state index contributed by atoms with van der Waals surface area (Å²) in [6.45, 7) is 6.76. The Kier molecular flexibility index (Phi) is 9.04. The summed E-state index contributed by atoms with van der Waals surface area (Å²) in [5.41, 5.74) is 1.34. The fraction of sp³-hybridized carbons (Fsp3) is 0.667. The third-order valence-corrected chi connectivity index (χ3v) is 5.22. The van der Waals surface area contributed by atoms with Gasteiger partial charge in [0.05, 0.1) is 0 Å². The van der Waals surface area contributed by atoms with Gasteiger partial charge in [-0.3, -0.25) is 0 Å². The van der Waals surface area contributed by atoms with Crippen LogP contribution in [0.1, 0.15) is 51.5 Å². The van der Waals surface area contributed by atoms with Crippen molar-refractivity contribution >= 4 is 11.8 Å². The fourth-order valence-corrected chi connectivity index (χ4v) is 3.51. The van der Waals surface area contributed by atoms with Crippen molar-refractivity contribution in [3.63, 3.8) is 0 Å². The molecule has 1 rings (SSSR count). The minimum absolute atomic E-state index is 0.628. The molecule has 0 amide bonds. The molecule has 0 aliphatic rings. The Morgan fingerprint density at radius 3 is 2.40 bits per heavy atom. The summed E-state index contributed by atoms with van der Waals surface area (Å²) in [4.78, 5) is 1.39. The number of hydrogen-bond acceptors (Lipinski definition) is 2. The molecule has 0 fully saturated rings. The molecule has 0 radical (unpaired) electrons. The first-order valence-corrected chi connectivity index (χ1v) is 9.04. The van der Waals surface area contributed by atoms with E-state index in [4.69, 9.17) is 0 Å². The van der Waals surface area contributed by atoms with E-state index in [0.29, 0.717) is 6.04 Å². The molecular weight excluding hydrogens is 262 g/mol. The van der Waals surface area contributed by atoms with Crippen molar-refractivity contribution in [3.05, 3.63) is 29.8 Å². The van der Waals surface area contributed by atoms with Gasteiger partial charge >= 0.3 is 0 Å². The molecular formula is C18H31NS. The Morgan fingerprint density at radius 1 is 1.15 bits per heavy atom. The quantitative estimate of drug-likeness (QED) is 0.589. The highest BCUT2D eigenvalue weighted by atomic mass is 32.2. The molecule has 114 valence electrons. The van der Waals surface area contributed by atoms with Crippen LogP contribution in [-0.2, 0) is 0 Å². The highest BCUT2D eigenvalue weighted by molar-refractivity contribution is 7.99. The van der Waals surface area contributed by atoms with Crippen LogP contribution in [0.2, 0.25) is 0 Å². The summed E-state index contributed by atoms with van der Waals surface area (Å²) in [7, 11) is 2.10. The smallest absolute Gasteiger partial charge is 0.0161 e. The van der Waals surface area contributed by atoms with Gasteiger partial charge < -0.3 is 5.32 Å². The average Bonchev–Trinajstić information content (AvgIpc) is 2.48. The van der Waals surface area contributed by atoms with Gasteiger partial charge in [0.1, 0.15) is 0 Å². The second-order valence-corrected chi connectivity index (χ2v) is 6.86. The summed E-state index contributed by atoms with van der Waals surface area (Å²) in [5, 5.41) is 3.50. The number of thioether (sulfide) groups is 1. The zero-order valence-electron chi connectivity index (χ0n) is 13.6. The van der Waals surface area contributed by atoms with Crippen molar-refractivity contribution in [2.45, 2.75) is 63.8 Å². The van der Waals surface area contributed by atoms with Crippen molar-refractivity contribution < 1.29 is 0 Å². The van der Waals surface area contributed by atoms with E-state index < -0.39 is 0 Å². The summed E-state index contributed by atoms with van der Waals surface area (Å²) in [5.74, 6) is 2.05. The van der Waals surface area contributed by atoms with Crippen molar-refractivity contribution in [1.82, 2.24) is 5.32 Å². The van der Waals surface area contributed by atoms with E-state index in [1.165, 1.54) is 48.3 Å². The number of hydrogen-bond donors (Lipinski definition) is 1. The third-order valence-electron chi connectivity index (χ3n) is 4.04. The first-order chi connectivity index (χ1) is 9.69. The zero-order chi connectivity index (χ0) is 14.8. The SMILES string of the molecule is CCCCC(CC)CC(CSc1ccc(C)cc1)NC. The van der Waals surface area contributed by atoms with Crippen molar-refractivity contribution in [1.29, 1.82) is 0 Å². The van der Waals surface area contributed by atoms with E-state index in [1.54, 1.807) is 0 Å². The van der Waals surface area contributed by atoms with Gasteiger partial charge in [-0.05, 0) is 38.4 Å². The van der Waals surface area contributed by atoms with E-state index in [2.05, 4.69) is 57.4 Å². The molecule has 2 heteroatoms. The van der Waals surface area contributed by atoms with Crippen molar-refractivity contribution in [3.8, 4) is 0 Å². The fourth-order valence-electron chi connectivity index (χ4n) is 2.48. The number of unbranched alkanes of at least 4 members (excludes halogenated alkanes) is 1. The van der Waals surface area contributed by atoms with Gasteiger partial charge in [0.2, 0.25) is 0 Å². The summed E-state index contributed by atoms with van der Waals surface area (Å²) in [6, 6.07) is 9.50. The van der Waals surface area contributed by atoms with Crippen molar-refractivity contribution in [2.75, 3.05) is 12.8 Å². The summed E-state index contributed by atoms with van der Waals surface area (Å²) < 4.78 is 0. The molecule has 0 spiro atoms. The van der Waals surface area contributed by atoms with Crippen molar-refractivity contribution in [2.24, 2.45) is 5.92 Å². The minimum Gasteiger partial charge on any atom is -0.316 e. The van der Waals surface area contributed by atoms with Crippen LogP contribution < -0.4 is 5.32 Å². The van der Waals surface area contributed by atoms with Gasteiger partial charge in [-0.2, -0.15) is 0 Å². The number of aryl methyl sites for hydroxylation is 1. The molecule has 0 aliphatic carbocycles. The molecule has 2 atom stereocenters. The molecule has 1 aromatic rings. The van der Waals surface area contributed by atoms with Crippen LogP contribution in [0.25, 0.3) is 0 Å². The Hall–Kier alpha value is -0.470. The van der Waals surface area contributed by atoms with Crippen LogP contribution in [-0.4, -0.2) is 18.8 Å². The third kappa shape index (κ3) is 6.81. The topological polar surface area (TPSA) is 12.0 Å². The second-order valence-electron chi connectivity index (χ2n) is 5.76. The Balaban J connectivity index is 2.39. The van der Waals surface area contributed by atoms with Gasteiger partial charge in [-0.1, -0.05) is 57.2 Å². The molecule has 0 saturated heterocycles. The van der Waals surface area contributed by atoms with Gasteiger partial charge in [0.15, 0.2) is 0 Å². The normalized spacial score (nSPS) is 14.2. The molecule has 1 nitrogen and oxygen atoms in total. The van der Waals surface area contributed by atoms with Crippen LogP contribution in [0.5, 0.6) is 0 Å². The molecule has 2 unspecified atom stereocenters. The first kappa shape index (κ1) is 17.6. The molecule has 1 aromatic carbocycles. The van der Waals surface area contributed by atoms with Gasteiger partial charge in [-0.25, -0.2) is 0 Å². The highest BCUT2D eigenvalue weighted by Crippen LogP contribution is 2.24. The van der Waals surface area contributed by atoms with Gasteiger partial charge in [0.25, 0.3) is 0 Å². The maximum absolute atomic E-state index is 3.50. The molecule has 0 heterocycles. The van der Waals surface area contributed by atoms with E-state index in [0.717, 1.165) is 5.92 Å². The Morgan fingerprint density at radius 2 is 1.85 bits per heavy atom. The largest absolute Gasteiger partial charge is 0.316 e. The predicted molar refractivity (Wildman–Crippen MR) is 92.7 cm³/mol. The number of nitrogens with one attached hydrogen (secondary N) is 1. The van der Waals surface area contributed by atoms with E-state index in [-0.39, 0.29) is 0 Å². The standard InChI is InChI=1S/C18H31NS/c1-5-7-8-16(6-2)13-17(19-4)14-20-18-11-9-15(3)10-12-18/h9-12,16-17,19H,5-8,13-14H2,1-4H3. The summed E-state index contributed by atoms with van der Waals surface area (Å²) in [6.07, 6.45) is 6.71. The average molecular weight is 294 g/mol. The first-order valence-electron chi connectivity index (χ1n) is 8.06. The molecule has 20 heavy (non-hydrogen) atoms. The highest BCUT2D eigenvalue weighted by Gasteiger charge is 2.14. The lowest BCUT2D eigenvalue weighted by molar-refractivity contribution is 0.375. The minimum atomic E-state index is 0.628. The lowest BCUT2D eigenvalue weighted by Gasteiger charge is -2.22. The number of rotatable bonds is 10. The second kappa shape index (κ2) is 10.3. The predicted octanol–water partition coefficient (Wildman–Crippen LogP) is 5.28. The molecule has 0 aliphatic heterocycles. The Bertz CT molecular complexity index is 347. The maximum Gasteiger partial charge on any atom is 0.0161 e. The number of benzene rings is 1. The van der Waals surface area contributed by atoms with E-state index in [1.807, 2.05) is 11.8 Å². The monoisotopic (exact) mass is 293 g/mol. The van der Waals surface area contributed by atoms with E-state index in [9.17, 15) is 0 Å². The zero-order valence-corrected chi connectivity index (χ0v) is 14.4. The van der Waals surface area contributed by atoms with Gasteiger partial charge in [0, 0.05) is 16.7 Å². The van der Waals surface area contributed by atoms with Gasteiger partial charge in [-0.15, -0.1) is 11.8 Å². The lowest BCUT2D eigenvalue weighted by atomic mass is 9.93. The Labute approximate surface area is 129 Å². The van der Waals surface area contributed by atoms with Crippen LogP contribution in [0.3, 0.4) is 0 Å². The van der Waals surface area contributed by atoms with Crippen LogP contribution >= 0.6 is 11.8 Å². The van der Waals surface area contributed by atoms with Crippen LogP contribution in [0.15, 0.2) is 29.2 Å². The molecule has 0 aromatic heterocycles. The van der Waals surface area contributed by atoms with Crippen LogP contribution in [0.4, 0.5) is 0 Å². The van der Waals surface area contributed by atoms with E-state index >= 15 is 0 Å². The molecule has 0 saturated carbocycles.